The van der Waals surface area contributed by atoms with Crippen LogP contribution >= 0.6 is 0 Å². The fraction of sp³-hybridized carbons (Fsp3) is 0.615. The minimum atomic E-state index is -1.17. The molecule has 2 aliphatic heterocycles. The fourth-order valence-corrected chi connectivity index (χ4v) is 3.74. The van der Waals surface area contributed by atoms with Crippen LogP contribution in [0.25, 0.3) is 0 Å². The highest BCUT2D eigenvalue weighted by atomic mass is 16.6. The van der Waals surface area contributed by atoms with E-state index in [9.17, 15) is 24.3 Å². The second kappa shape index (κ2) is 13.7. The van der Waals surface area contributed by atoms with Gasteiger partial charge in [0, 0.05) is 6.42 Å². The van der Waals surface area contributed by atoms with E-state index in [0.717, 1.165) is 12.0 Å². The number of carboxylic acid groups (broad SMARTS) is 1. The third-order valence-corrected chi connectivity index (χ3v) is 5.62. The van der Waals surface area contributed by atoms with Gasteiger partial charge in [0.2, 0.25) is 11.8 Å². The van der Waals surface area contributed by atoms with Gasteiger partial charge in [-0.2, -0.15) is 0 Å². The first-order valence-corrected chi connectivity index (χ1v) is 12.5. The van der Waals surface area contributed by atoms with Crippen LogP contribution in [0.4, 0.5) is 4.79 Å². The maximum atomic E-state index is 13.2. The lowest BCUT2D eigenvalue weighted by atomic mass is 10.0. The number of fused-ring (bicyclic) bond motifs is 14. The molecule has 1 aromatic rings. The minimum Gasteiger partial charge on any atom is -0.494 e. The largest absolute Gasteiger partial charge is 0.494 e. The van der Waals surface area contributed by atoms with Gasteiger partial charge in [0.05, 0.1) is 6.61 Å². The van der Waals surface area contributed by atoms with Crippen LogP contribution in [-0.4, -0.2) is 59.3 Å². The van der Waals surface area contributed by atoms with Crippen molar-refractivity contribution in [2.24, 2.45) is 0 Å². The maximum absolute atomic E-state index is 13.2. The minimum absolute atomic E-state index is 0.0820. The summed E-state index contributed by atoms with van der Waals surface area (Å²) < 4.78 is 11.1. The Morgan fingerprint density at radius 2 is 1.81 bits per heavy atom. The molecule has 2 bridgehead atoms. The Labute approximate surface area is 212 Å². The van der Waals surface area contributed by atoms with Crippen molar-refractivity contribution in [1.82, 2.24) is 16.0 Å². The van der Waals surface area contributed by atoms with Gasteiger partial charge in [-0.1, -0.05) is 31.9 Å². The highest BCUT2D eigenvalue weighted by Gasteiger charge is 2.30. The molecule has 3 atom stereocenters. The van der Waals surface area contributed by atoms with Crippen molar-refractivity contribution >= 4 is 23.9 Å². The van der Waals surface area contributed by atoms with Crippen LogP contribution in [0.5, 0.6) is 5.75 Å². The Kier molecular flexibility index (Phi) is 11.0. The van der Waals surface area contributed by atoms with E-state index < -0.39 is 47.6 Å². The van der Waals surface area contributed by atoms with Gasteiger partial charge in [0.1, 0.15) is 29.5 Å². The molecular weight excluding hydrogens is 466 g/mol. The van der Waals surface area contributed by atoms with Crippen molar-refractivity contribution in [3.05, 3.63) is 29.8 Å². The molecule has 1 aromatic carbocycles. The van der Waals surface area contributed by atoms with Gasteiger partial charge in [0.25, 0.3) is 0 Å². The Balaban J connectivity index is 2.28. The van der Waals surface area contributed by atoms with Crippen molar-refractivity contribution in [3.63, 3.8) is 0 Å². The summed E-state index contributed by atoms with van der Waals surface area (Å²) in [5.41, 5.74) is -0.00845. The molecule has 0 aromatic heterocycles. The molecule has 3 rings (SSSR count). The van der Waals surface area contributed by atoms with Crippen LogP contribution in [-0.2, 0) is 25.5 Å². The zero-order valence-electron chi connectivity index (χ0n) is 21.6. The number of carboxylic acids is 1. The Hall–Kier alpha value is -3.30. The van der Waals surface area contributed by atoms with E-state index in [-0.39, 0.29) is 6.42 Å². The van der Waals surface area contributed by atoms with Crippen LogP contribution in [0.15, 0.2) is 24.3 Å². The van der Waals surface area contributed by atoms with E-state index >= 15 is 0 Å². The number of unbranched alkanes of at least 4 members (excludes halogenated alkanes) is 1. The highest BCUT2D eigenvalue weighted by Crippen LogP contribution is 2.16. The number of ether oxygens (including phenoxy) is 2. The Morgan fingerprint density at radius 3 is 2.42 bits per heavy atom. The molecule has 200 valence electrons. The lowest BCUT2D eigenvalue weighted by Gasteiger charge is -2.26. The first-order valence-electron chi connectivity index (χ1n) is 12.5. The monoisotopic (exact) mass is 505 g/mol. The van der Waals surface area contributed by atoms with Crippen LogP contribution in [0.3, 0.4) is 0 Å². The standard InChI is InChI=1S/C26H39N3O7/c1-5-6-9-19-22(30)28-21(24(32)33)16-17-11-13-18(14-12-17)35-15-8-7-10-20(23(31)27-19)29-25(34)36-26(2,3)4/h11-14,19-21H,5-10,15-16H2,1-4H3,(H,27,31)(H,28,30)(H,29,34)(H,32,33)/t19-,20+,21-/m0/s1. The number of carbonyl (C=O) groups is 4. The molecule has 36 heavy (non-hydrogen) atoms. The van der Waals surface area contributed by atoms with E-state index in [2.05, 4.69) is 16.0 Å². The topological polar surface area (TPSA) is 143 Å². The number of nitrogens with one attached hydrogen (secondary N) is 3. The zero-order valence-corrected chi connectivity index (χ0v) is 21.6. The van der Waals surface area contributed by atoms with Crippen molar-refractivity contribution in [1.29, 1.82) is 0 Å². The van der Waals surface area contributed by atoms with Crippen molar-refractivity contribution < 1.29 is 33.8 Å². The van der Waals surface area contributed by atoms with Crippen molar-refractivity contribution in [2.45, 2.75) is 96.4 Å². The van der Waals surface area contributed by atoms with Gasteiger partial charge in [-0.05, 0) is 64.2 Å². The second-order valence-electron chi connectivity index (χ2n) is 9.99. The smallest absolute Gasteiger partial charge is 0.408 e. The first kappa shape index (κ1) is 28.9. The Morgan fingerprint density at radius 1 is 1.11 bits per heavy atom. The van der Waals surface area contributed by atoms with E-state index in [1.54, 1.807) is 45.0 Å². The van der Waals surface area contributed by atoms with Gasteiger partial charge in [-0.3, -0.25) is 9.59 Å². The first-order chi connectivity index (χ1) is 17.0. The van der Waals surface area contributed by atoms with Crippen LogP contribution < -0.4 is 20.7 Å². The summed E-state index contributed by atoms with van der Waals surface area (Å²) in [7, 11) is 0. The maximum Gasteiger partial charge on any atom is 0.408 e. The zero-order chi connectivity index (χ0) is 26.7. The molecule has 0 unspecified atom stereocenters. The number of hydrogen-bond acceptors (Lipinski definition) is 6. The summed E-state index contributed by atoms with van der Waals surface area (Å²) in [6.07, 6.45) is 2.66. The van der Waals surface area contributed by atoms with E-state index in [0.29, 0.717) is 44.5 Å². The molecule has 0 aliphatic carbocycles. The van der Waals surface area contributed by atoms with E-state index in [1.807, 2.05) is 6.92 Å². The van der Waals surface area contributed by atoms with Gasteiger partial charge in [0.15, 0.2) is 0 Å². The molecule has 2 heterocycles. The summed E-state index contributed by atoms with van der Waals surface area (Å²) in [4.78, 5) is 50.5. The summed E-state index contributed by atoms with van der Waals surface area (Å²) in [5, 5.41) is 17.6. The number of carbonyl (C=O) groups excluding carboxylic acids is 3. The third-order valence-electron chi connectivity index (χ3n) is 5.62. The molecule has 0 fully saturated rings. The quantitative estimate of drug-likeness (QED) is 0.482. The molecule has 10 heteroatoms. The lowest BCUT2D eigenvalue weighted by molar-refractivity contribution is -0.142. The predicted octanol–water partition coefficient (Wildman–Crippen LogP) is 2.93. The third kappa shape index (κ3) is 10.1. The second-order valence-corrected chi connectivity index (χ2v) is 9.99. The van der Waals surface area contributed by atoms with Crippen molar-refractivity contribution in [2.75, 3.05) is 6.61 Å². The lowest BCUT2D eigenvalue weighted by Crippen LogP contribution is -2.56. The van der Waals surface area contributed by atoms with Gasteiger partial charge in [-0.25, -0.2) is 9.59 Å². The number of amides is 3. The van der Waals surface area contributed by atoms with Crippen LogP contribution in [0.2, 0.25) is 0 Å². The number of aliphatic carboxylic acids is 1. The molecule has 0 saturated heterocycles. The van der Waals surface area contributed by atoms with E-state index in [4.69, 9.17) is 9.47 Å². The molecule has 3 amide bonds. The summed E-state index contributed by atoms with van der Waals surface area (Å²) >= 11 is 0. The average molecular weight is 506 g/mol. The van der Waals surface area contributed by atoms with Gasteiger partial charge in [-0.15, -0.1) is 0 Å². The normalized spacial score (nSPS) is 21.9. The molecular formula is C26H39N3O7. The number of hydrogen-bond donors (Lipinski definition) is 4. The molecule has 0 spiro atoms. The molecule has 4 N–H and O–H groups in total. The summed E-state index contributed by atoms with van der Waals surface area (Å²) in [6.45, 7) is 7.54. The van der Waals surface area contributed by atoms with Crippen molar-refractivity contribution in [3.8, 4) is 5.75 Å². The summed E-state index contributed by atoms with van der Waals surface area (Å²) in [6, 6.07) is 4.02. The number of benzene rings is 1. The molecule has 10 nitrogen and oxygen atoms in total. The van der Waals surface area contributed by atoms with Gasteiger partial charge < -0.3 is 30.5 Å². The average Bonchev–Trinajstić information content (AvgIpc) is 2.79. The fourth-order valence-electron chi connectivity index (χ4n) is 3.74. The van der Waals surface area contributed by atoms with Gasteiger partial charge >= 0.3 is 12.1 Å². The van der Waals surface area contributed by atoms with E-state index in [1.165, 1.54) is 0 Å². The molecule has 0 saturated carbocycles. The molecule has 2 aliphatic rings. The Bertz CT molecular complexity index is 896. The molecule has 0 radical (unpaired) electrons. The number of alkyl carbamates (subject to hydrolysis) is 1. The predicted molar refractivity (Wildman–Crippen MR) is 134 cm³/mol. The summed E-state index contributed by atoms with van der Waals surface area (Å²) in [5.74, 6) is -1.64. The number of rotatable bonds is 5. The van der Waals surface area contributed by atoms with Crippen LogP contribution in [0, 0.1) is 0 Å². The highest BCUT2D eigenvalue weighted by molar-refractivity contribution is 5.92. The SMILES string of the molecule is CCCC[C@@H]1NC(=O)[C@H](NC(=O)OC(C)(C)C)CCCCOc2ccc(cc2)C[C@@H](C(=O)O)NC1=O. The van der Waals surface area contributed by atoms with Crippen LogP contribution in [0.1, 0.15) is 71.8 Å².